The summed E-state index contributed by atoms with van der Waals surface area (Å²) < 4.78 is 19.0. The molecule has 2 aromatic carbocycles. The summed E-state index contributed by atoms with van der Waals surface area (Å²) in [5.74, 6) is -1.86. The summed E-state index contributed by atoms with van der Waals surface area (Å²) in [6.07, 6.45) is 1.88. The summed E-state index contributed by atoms with van der Waals surface area (Å²) in [6, 6.07) is 16.0. The molecule has 2 amide bonds. The van der Waals surface area contributed by atoms with Crippen molar-refractivity contribution in [3.8, 4) is 0 Å². The zero-order chi connectivity index (χ0) is 21.3. The molecule has 0 radical (unpaired) electrons. The molecule has 0 fully saturated rings. The first-order chi connectivity index (χ1) is 14.5. The van der Waals surface area contributed by atoms with Gasteiger partial charge < -0.3 is 15.4 Å². The van der Waals surface area contributed by atoms with Gasteiger partial charge in [0.15, 0.2) is 5.78 Å². The molecule has 30 heavy (non-hydrogen) atoms. The number of hydrogen-bond donors (Lipinski definition) is 2. The maximum atomic E-state index is 13.9. The summed E-state index contributed by atoms with van der Waals surface area (Å²) in [4.78, 5) is 40.5. The van der Waals surface area contributed by atoms with Gasteiger partial charge in [0.1, 0.15) is 19.0 Å². The second-order valence-electron chi connectivity index (χ2n) is 6.19. The van der Waals surface area contributed by atoms with Gasteiger partial charge in [-0.25, -0.2) is 9.18 Å². The standard InChI is InChI=1S/C22H18FN3O4/c23-18-9-5-4-8-16(18)21(28)17-10-11-24-12-19(17)26-20(27)13-25-22(29)30-14-15-6-2-1-3-7-15/h1-12H,13-14H2,(H,25,29)(H,26,27). The maximum Gasteiger partial charge on any atom is 0.407 e. The van der Waals surface area contributed by atoms with Gasteiger partial charge in [0.05, 0.1) is 17.4 Å². The molecular weight excluding hydrogens is 389 g/mol. The van der Waals surface area contributed by atoms with E-state index in [0.29, 0.717) is 0 Å². The summed E-state index contributed by atoms with van der Waals surface area (Å²) in [5, 5.41) is 4.82. The number of nitrogens with one attached hydrogen (secondary N) is 2. The minimum atomic E-state index is -0.761. The number of carbonyl (C=O) groups excluding carboxylic acids is 3. The number of halogens is 1. The molecule has 0 saturated heterocycles. The van der Waals surface area contributed by atoms with E-state index in [4.69, 9.17) is 4.74 Å². The Bertz CT molecular complexity index is 1060. The van der Waals surface area contributed by atoms with Crippen LogP contribution in [0.25, 0.3) is 0 Å². The molecule has 0 aliphatic heterocycles. The molecule has 0 aliphatic rings. The number of ether oxygens (including phenoxy) is 1. The van der Waals surface area contributed by atoms with Crippen molar-refractivity contribution in [3.63, 3.8) is 0 Å². The third-order valence-corrected chi connectivity index (χ3v) is 4.06. The first kappa shape index (κ1) is 20.7. The first-order valence-corrected chi connectivity index (χ1v) is 9.02. The molecule has 3 aromatic rings. The molecule has 0 bridgehead atoms. The van der Waals surface area contributed by atoms with E-state index < -0.39 is 23.6 Å². The Morgan fingerprint density at radius 3 is 2.43 bits per heavy atom. The minimum Gasteiger partial charge on any atom is -0.445 e. The van der Waals surface area contributed by atoms with E-state index in [1.54, 1.807) is 18.2 Å². The number of nitrogens with zero attached hydrogens (tertiary/aromatic N) is 1. The molecule has 3 rings (SSSR count). The van der Waals surface area contributed by atoms with Gasteiger partial charge in [0.25, 0.3) is 0 Å². The van der Waals surface area contributed by atoms with Gasteiger partial charge in [-0.1, -0.05) is 42.5 Å². The summed E-state index contributed by atoms with van der Waals surface area (Å²) >= 11 is 0. The first-order valence-electron chi connectivity index (χ1n) is 9.02. The maximum absolute atomic E-state index is 13.9. The van der Waals surface area contributed by atoms with Crippen LogP contribution in [0.15, 0.2) is 73.1 Å². The van der Waals surface area contributed by atoms with Gasteiger partial charge in [-0.3, -0.25) is 14.6 Å². The Morgan fingerprint density at radius 1 is 0.933 bits per heavy atom. The number of carbonyl (C=O) groups is 3. The molecule has 0 atom stereocenters. The molecule has 152 valence electrons. The van der Waals surface area contributed by atoms with Crippen LogP contribution in [0.2, 0.25) is 0 Å². The fourth-order valence-corrected chi connectivity index (χ4v) is 2.60. The number of anilines is 1. The number of rotatable bonds is 7. The van der Waals surface area contributed by atoms with Crippen molar-refractivity contribution >= 4 is 23.5 Å². The van der Waals surface area contributed by atoms with E-state index >= 15 is 0 Å². The van der Waals surface area contributed by atoms with Crippen LogP contribution in [0.5, 0.6) is 0 Å². The second kappa shape index (κ2) is 9.92. The molecule has 1 aromatic heterocycles. The van der Waals surface area contributed by atoms with Crippen molar-refractivity contribution in [3.05, 3.63) is 95.6 Å². The fraction of sp³-hybridized carbons (Fsp3) is 0.0909. The second-order valence-corrected chi connectivity index (χ2v) is 6.19. The molecular formula is C22H18FN3O4. The lowest BCUT2D eigenvalue weighted by molar-refractivity contribution is -0.115. The van der Waals surface area contributed by atoms with E-state index in [2.05, 4.69) is 15.6 Å². The third kappa shape index (κ3) is 5.48. The number of benzene rings is 2. The zero-order valence-electron chi connectivity index (χ0n) is 15.8. The smallest absolute Gasteiger partial charge is 0.407 e. The Hall–Kier alpha value is -4.07. The Labute approximate surface area is 171 Å². The molecule has 8 heteroatoms. The van der Waals surface area contributed by atoms with E-state index in [9.17, 15) is 18.8 Å². The molecule has 1 heterocycles. The Kier molecular flexibility index (Phi) is 6.83. The monoisotopic (exact) mass is 407 g/mol. The topological polar surface area (TPSA) is 97.4 Å². The van der Waals surface area contributed by atoms with Gasteiger partial charge in [0, 0.05) is 11.8 Å². The van der Waals surface area contributed by atoms with Crippen LogP contribution in [0, 0.1) is 5.82 Å². The van der Waals surface area contributed by atoms with E-state index in [1.165, 1.54) is 36.7 Å². The predicted molar refractivity (Wildman–Crippen MR) is 107 cm³/mol. The number of alkyl carbamates (subject to hydrolysis) is 1. The van der Waals surface area contributed by atoms with Crippen LogP contribution in [-0.2, 0) is 16.1 Å². The van der Waals surface area contributed by atoms with E-state index in [-0.39, 0.29) is 30.0 Å². The highest BCUT2D eigenvalue weighted by Gasteiger charge is 2.18. The van der Waals surface area contributed by atoms with Crippen LogP contribution < -0.4 is 10.6 Å². The fourth-order valence-electron chi connectivity index (χ4n) is 2.60. The zero-order valence-corrected chi connectivity index (χ0v) is 15.8. The lowest BCUT2D eigenvalue weighted by Crippen LogP contribution is -2.33. The van der Waals surface area contributed by atoms with Gasteiger partial charge in [-0.2, -0.15) is 0 Å². The van der Waals surface area contributed by atoms with Gasteiger partial charge in [-0.15, -0.1) is 0 Å². The highest BCUT2D eigenvalue weighted by molar-refractivity contribution is 6.14. The Morgan fingerprint density at radius 2 is 1.67 bits per heavy atom. The molecule has 0 spiro atoms. The third-order valence-electron chi connectivity index (χ3n) is 4.06. The van der Waals surface area contributed by atoms with Crippen molar-refractivity contribution in [2.24, 2.45) is 0 Å². The van der Waals surface area contributed by atoms with Crippen LogP contribution in [-0.4, -0.2) is 29.3 Å². The van der Waals surface area contributed by atoms with Crippen LogP contribution in [0.3, 0.4) is 0 Å². The van der Waals surface area contributed by atoms with E-state index in [0.717, 1.165) is 5.56 Å². The van der Waals surface area contributed by atoms with Crippen LogP contribution in [0.1, 0.15) is 21.5 Å². The quantitative estimate of drug-likeness (QED) is 0.586. The number of pyridine rings is 1. The number of ketones is 1. The van der Waals surface area contributed by atoms with Gasteiger partial charge in [-0.05, 0) is 23.8 Å². The minimum absolute atomic E-state index is 0.0676. The summed E-state index contributed by atoms with van der Waals surface area (Å²) in [7, 11) is 0. The molecule has 0 saturated carbocycles. The van der Waals surface area contributed by atoms with Crippen molar-refractivity contribution in [2.75, 3.05) is 11.9 Å². The normalized spacial score (nSPS) is 10.2. The van der Waals surface area contributed by atoms with Crippen molar-refractivity contribution < 1.29 is 23.5 Å². The van der Waals surface area contributed by atoms with E-state index in [1.807, 2.05) is 18.2 Å². The number of amides is 2. The van der Waals surface area contributed by atoms with Crippen molar-refractivity contribution in [1.82, 2.24) is 10.3 Å². The van der Waals surface area contributed by atoms with Crippen LogP contribution in [0.4, 0.5) is 14.9 Å². The van der Waals surface area contributed by atoms with Gasteiger partial charge in [0.2, 0.25) is 5.91 Å². The van der Waals surface area contributed by atoms with Crippen molar-refractivity contribution in [2.45, 2.75) is 6.61 Å². The predicted octanol–water partition coefficient (Wildman–Crippen LogP) is 3.32. The Balaban J connectivity index is 1.57. The molecule has 0 aliphatic carbocycles. The van der Waals surface area contributed by atoms with Gasteiger partial charge >= 0.3 is 6.09 Å². The lowest BCUT2D eigenvalue weighted by Gasteiger charge is -2.11. The average molecular weight is 407 g/mol. The molecule has 0 unspecified atom stereocenters. The largest absolute Gasteiger partial charge is 0.445 e. The highest BCUT2D eigenvalue weighted by atomic mass is 19.1. The SMILES string of the molecule is O=C(CNC(=O)OCc1ccccc1)Nc1cnccc1C(=O)c1ccccc1F. The summed E-state index contributed by atoms with van der Waals surface area (Å²) in [5.41, 5.74) is 0.871. The molecule has 2 N–H and O–H groups in total. The number of aromatic nitrogens is 1. The van der Waals surface area contributed by atoms with Crippen molar-refractivity contribution in [1.29, 1.82) is 0 Å². The lowest BCUT2D eigenvalue weighted by atomic mass is 10.0. The average Bonchev–Trinajstić information content (AvgIpc) is 2.77. The summed E-state index contributed by atoms with van der Waals surface area (Å²) in [6.45, 7) is -0.311. The highest BCUT2D eigenvalue weighted by Crippen LogP contribution is 2.19. The van der Waals surface area contributed by atoms with Crippen LogP contribution >= 0.6 is 0 Å². The molecule has 7 nitrogen and oxygen atoms in total. The number of hydrogen-bond acceptors (Lipinski definition) is 5.